The van der Waals surface area contributed by atoms with Crippen LogP contribution in [-0.4, -0.2) is 73.1 Å². The minimum Gasteiger partial charge on any atom is -0.101 e. The van der Waals surface area contributed by atoms with Crippen LogP contribution in [0.1, 0.15) is 20.8 Å². The van der Waals surface area contributed by atoms with Crippen molar-refractivity contribution in [3.63, 3.8) is 0 Å². The van der Waals surface area contributed by atoms with Gasteiger partial charge in [0.25, 0.3) is 0 Å². The molecule has 144 valence electrons. The lowest BCUT2D eigenvalue weighted by atomic mass is 10.5. The third-order valence-corrected chi connectivity index (χ3v) is 22.5. The average molecular weight is 433 g/mol. The molecule has 0 spiro atoms. The maximum absolute atomic E-state index is 2.45. The van der Waals surface area contributed by atoms with Crippen molar-refractivity contribution in [1.82, 2.24) is 0 Å². The fraction of sp³-hybridized carbons (Fsp3) is 1.00. The zero-order chi connectivity index (χ0) is 20.4. The van der Waals surface area contributed by atoms with E-state index in [1.54, 1.807) is 0 Å². The summed E-state index contributed by atoms with van der Waals surface area (Å²) in [5, 5.41) is 4.49. The molecule has 0 N–H and O–H groups in total. The molecule has 0 aromatic carbocycles. The Morgan fingerprint density at radius 3 is 0.583 bits per heavy atom. The summed E-state index contributed by atoms with van der Waals surface area (Å²) in [5.74, 6) is 0. The van der Waals surface area contributed by atoms with Crippen molar-refractivity contribution in [1.29, 1.82) is 0 Å². The number of hydrogen-bond donors (Lipinski definition) is 0. The van der Waals surface area contributed by atoms with Gasteiger partial charge in [0, 0.05) is 24.2 Å². The van der Waals surface area contributed by atoms with Gasteiger partial charge in [0.05, 0.1) is 0 Å². The molecule has 0 aliphatic rings. The van der Waals surface area contributed by atoms with E-state index >= 15 is 0 Å². The van der Waals surface area contributed by atoms with E-state index in [9.17, 15) is 0 Å². The van der Waals surface area contributed by atoms with Crippen LogP contribution < -0.4 is 0 Å². The van der Waals surface area contributed by atoms with Gasteiger partial charge in [-0.05, 0) is 0 Å². The molecule has 3 unspecified atom stereocenters. The second kappa shape index (κ2) is 14.3. The van der Waals surface area contributed by atoms with Crippen molar-refractivity contribution in [2.75, 3.05) is 0 Å². The van der Waals surface area contributed by atoms with Crippen molar-refractivity contribution >= 4 is 73.1 Å². The molecule has 24 heavy (non-hydrogen) atoms. The first-order valence-corrected chi connectivity index (χ1v) is 25.4. The molecule has 6 heteroatoms. The van der Waals surface area contributed by atoms with Crippen molar-refractivity contribution in [2.24, 2.45) is 0 Å². The van der Waals surface area contributed by atoms with Crippen LogP contribution >= 0.6 is 0 Å². The van der Waals surface area contributed by atoms with Gasteiger partial charge in [0.2, 0.25) is 48.9 Å². The summed E-state index contributed by atoms with van der Waals surface area (Å²) in [6.07, 6.45) is 0. The Morgan fingerprint density at radius 2 is 0.583 bits per heavy atom. The van der Waals surface area contributed by atoms with E-state index in [1.807, 2.05) is 0 Å². The maximum atomic E-state index is 2.45. The molecule has 3 atom stereocenters. The number of rotatable bonds is 6. The molecule has 0 amide bonds. The molecule has 0 bridgehead atoms. The first kappa shape index (κ1) is 31.0. The van der Waals surface area contributed by atoms with Crippen LogP contribution in [0, 0.1) is 0 Å². The van der Waals surface area contributed by atoms with E-state index in [2.05, 4.69) is 79.7 Å². The Morgan fingerprint density at radius 1 is 0.458 bits per heavy atom. The van der Waals surface area contributed by atoms with Crippen molar-refractivity contribution in [3.8, 4) is 0 Å². The van der Waals surface area contributed by atoms with Crippen LogP contribution in [0.5, 0.6) is 0 Å². The third-order valence-electron chi connectivity index (χ3n) is 6.27. The second-order valence-electron chi connectivity index (χ2n) is 11.0. The van der Waals surface area contributed by atoms with Gasteiger partial charge in [-0.3, -0.25) is 0 Å². The SMILES string of the molecule is CC([CH2][AlH2])[Si](C)(C)C.CC([CH2][AlH2])[Si](C)(C)C.CC([CH2][AlH2])[Si](C)(C)C. The van der Waals surface area contributed by atoms with Crippen molar-refractivity contribution in [2.45, 2.75) is 112 Å². The molecule has 0 aromatic heterocycles. The standard InChI is InChI=1S/3C6H15Si.3Al.6H/c3*1-6(2)7(3,4)5;;;;;;;;;/h3*6H,1H2,2-5H3;;;;;;;;;. The van der Waals surface area contributed by atoms with Gasteiger partial charge in [-0.15, -0.1) is 15.8 Å². The first-order valence-electron chi connectivity index (χ1n) is 10.4. The van der Waals surface area contributed by atoms with Crippen LogP contribution in [0.4, 0.5) is 0 Å². The van der Waals surface area contributed by atoms with E-state index < -0.39 is 24.2 Å². The lowest BCUT2D eigenvalue weighted by Crippen LogP contribution is -2.25. The van der Waals surface area contributed by atoms with Crippen LogP contribution in [0.25, 0.3) is 0 Å². The summed E-state index contributed by atoms with van der Waals surface area (Å²) in [4.78, 5) is 0. The summed E-state index contributed by atoms with van der Waals surface area (Å²) in [5.41, 5.74) is 3.15. The van der Waals surface area contributed by atoms with Crippen molar-refractivity contribution < 1.29 is 0 Å². The van der Waals surface area contributed by atoms with E-state index in [0.29, 0.717) is 0 Å². The quantitative estimate of drug-likeness (QED) is 0.500. The lowest BCUT2D eigenvalue weighted by Gasteiger charge is -2.23. The maximum Gasteiger partial charge on any atom is 0.211 e. The van der Waals surface area contributed by atoms with Crippen molar-refractivity contribution in [3.05, 3.63) is 0 Å². The summed E-state index contributed by atoms with van der Waals surface area (Å²) >= 11 is 4.17. The van der Waals surface area contributed by atoms with Crippen LogP contribution in [-0.2, 0) is 0 Å². The van der Waals surface area contributed by atoms with Gasteiger partial charge in [0.15, 0.2) is 0 Å². The molecule has 0 heterocycles. The fourth-order valence-corrected chi connectivity index (χ4v) is 16.5. The highest BCUT2D eigenvalue weighted by molar-refractivity contribution is 6.78. The first-order chi connectivity index (χ1) is 10.4. The van der Waals surface area contributed by atoms with Gasteiger partial charge in [-0.25, -0.2) is 0 Å². The van der Waals surface area contributed by atoms with Crippen LogP contribution in [0.3, 0.4) is 0 Å². The van der Waals surface area contributed by atoms with E-state index in [4.69, 9.17) is 0 Å². The minimum absolute atomic E-state index is 0.726. The summed E-state index contributed by atoms with van der Waals surface area (Å²) in [6.45, 7) is 29.3. The predicted octanol–water partition coefficient (Wildman–Crippen LogP) is 5.30. The summed E-state index contributed by atoms with van der Waals surface area (Å²) in [6, 6.07) is 0. The molecule has 0 radical (unpaired) electrons. The summed E-state index contributed by atoms with van der Waals surface area (Å²) in [7, 11) is -2.18. The normalized spacial score (nSPS) is 16.0. The second-order valence-corrected chi connectivity index (χ2v) is 30.6. The monoisotopic (exact) mass is 432 g/mol. The molecule has 0 aromatic rings. The van der Waals surface area contributed by atoms with Crippen LogP contribution in [0.15, 0.2) is 0 Å². The van der Waals surface area contributed by atoms with Gasteiger partial charge in [-0.1, -0.05) is 96.3 Å². The molecule has 0 nitrogen and oxygen atoms in total. The lowest BCUT2D eigenvalue weighted by molar-refractivity contribution is 1.01. The highest BCUT2D eigenvalue weighted by Gasteiger charge is 2.20. The predicted molar refractivity (Wildman–Crippen MR) is 138 cm³/mol. The molecule has 0 fully saturated rings. The highest BCUT2D eigenvalue weighted by atomic mass is 28.3. The third kappa shape index (κ3) is 19.0. The molecule has 0 saturated heterocycles. The molecule has 0 saturated carbocycles. The topological polar surface area (TPSA) is 0 Å². The average Bonchev–Trinajstić information content (AvgIpc) is 2.42. The molecular formula is C18H51Al3Si3. The molecule has 0 aliphatic carbocycles. The fourth-order valence-electron chi connectivity index (χ4n) is 1.84. The Balaban J connectivity index is -0.000000276. The Kier molecular flexibility index (Phi) is 18.4. The van der Waals surface area contributed by atoms with E-state index in [0.717, 1.165) is 16.6 Å². The van der Waals surface area contributed by atoms with Crippen LogP contribution in [0.2, 0.25) is 91.4 Å². The summed E-state index contributed by atoms with van der Waals surface area (Å²) < 4.78 is 0. The molecule has 0 aliphatic heterocycles. The molecule has 0 rings (SSSR count). The van der Waals surface area contributed by atoms with Gasteiger partial charge < -0.3 is 0 Å². The zero-order valence-electron chi connectivity index (χ0n) is 20.4. The Bertz CT molecular complexity index is 244. The molecular weight excluding hydrogens is 381 g/mol. The zero-order valence-corrected chi connectivity index (χ0v) is 29.4. The highest BCUT2D eigenvalue weighted by Crippen LogP contribution is 2.24. The van der Waals surface area contributed by atoms with E-state index in [-0.39, 0.29) is 0 Å². The smallest absolute Gasteiger partial charge is 0.101 e. The van der Waals surface area contributed by atoms with Gasteiger partial charge in [-0.2, -0.15) is 0 Å². The van der Waals surface area contributed by atoms with Gasteiger partial charge >= 0.3 is 0 Å². The van der Waals surface area contributed by atoms with E-state index in [1.165, 1.54) is 64.7 Å². The minimum atomic E-state index is -0.726. The largest absolute Gasteiger partial charge is 0.211 e. The number of hydrogen-bond acceptors (Lipinski definition) is 0. The van der Waals surface area contributed by atoms with Gasteiger partial charge in [0.1, 0.15) is 0 Å². The Labute approximate surface area is 184 Å². The Hall–Kier alpha value is 2.25.